The first-order valence-corrected chi connectivity index (χ1v) is 11.4. The second-order valence-corrected chi connectivity index (χ2v) is 8.19. The van der Waals surface area contributed by atoms with Gasteiger partial charge in [0, 0.05) is 17.5 Å². The molecule has 3 rings (SSSR count). The smallest absolute Gasteiger partial charge is 0.187 e. The van der Waals surface area contributed by atoms with Crippen molar-refractivity contribution >= 4 is 22.2 Å². The van der Waals surface area contributed by atoms with E-state index in [1.165, 1.54) is 49.5 Å². The lowest BCUT2D eigenvalue weighted by Crippen LogP contribution is -1.97. The Morgan fingerprint density at radius 2 is 1.70 bits per heavy atom. The van der Waals surface area contributed by atoms with E-state index < -0.39 is 11.6 Å². The van der Waals surface area contributed by atoms with Crippen molar-refractivity contribution in [2.45, 2.75) is 51.9 Å². The van der Waals surface area contributed by atoms with Crippen LogP contribution in [0.5, 0.6) is 5.75 Å². The van der Waals surface area contributed by atoms with Gasteiger partial charge in [-0.1, -0.05) is 45.1 Å². The zero-order valence-corrected chi connectivity index (χ0v) is 18.1. The highest BCUT2D eigenvalue weighted by atomic mass is 32.1. The number of halogens is 2. The third-order valence-electron chi connectivity index (χ3n) is 4.79. The summed E-state index contributed by atoms with van der Waals surface area (Å²) in [5.74, 6) is -0.800. The van der Waals surface area contributed by atoms with Crippen LogP contribution in [0.4, 0.5) is 19.6 Å². The molecular formula is C24H28F2N2OS. The Balaban J connectivity index is 1.43. The van der Waals surface area contributed by atoms with Gasteiger partial charge in [0.05, 0.1) is 12.3 Å². The average Bonchev–Trinajstić information content (AvgIpc) is 3.18. The van der Waals surface area contributed by atoms with E-state index in [9.17, 15) is 8.78 Å². The summed E-state index contributed by atoms with van der Waals surface area (Å²) >= 11 is 1.48. The van der Waals surface area contributed by atoms with Gasteiger partial charge in [-0.15, -0.1) is 11.3 Å². The Morgan fingerprint density at radius 3 is 2.47 bits per heavy atom. The second-order valence-electron chi connectivity index (χ2n) is 7.33. The number of hydrogen-bond acceptors (Lipinski definition) is 4. The van der Waals surface area contributed by atoms with Gasteiger partial charge in [0.2, 0.25) is 0 Å². The first-order valence-electron chi connectivity index (χ1n) is 10.5. The fraction of sp³-hybridized carbons (Fsp3) is 0.375. The Labute approximate surface area is 181 Å². The Morgan fingerprint density at radius 1 is 0.933 bits per heavy atom. The highest BCUT2D eigenvalue weighted by molar-refractivity contribution is 7.13. The van der Waals surface area contributed by atoms with Gasteiger partial charge < -0.3 is 10.1 Å². The molecule has 1 aromatic heterocycles. The number of benzene rings is 2. The van der Waals surface area contributed by atoms with E-state index in [1.54, 1.807) is 6.07 Å². The zero-order chi connectivity index (χ0) is 21.2. The molecule has 0 unspecified atom stereocenters. The van der Waals surface area contributed by atoms with Gasteiger partial charge >= 0.3 is 0 Å². The summed E-state index contributed by atoms with van der Waals surface area (Å²) in [6.07, 6.45) is 7.96. The first-order chi connectivity index (χ1) is 14.6. The average molecular weight is 431 g/mol. The van der Waals surface area contributed by atoms with Crippen LogP contribution in [-0.4, -0.2) is 11.6 Å². The first kappa shape index (κ1) is 22.2. The van der Waals surface area contributed by atoms with Crippen molar-refractivity contribution in [2.24, 2.45) is 0 Å². The fourth-order valence-corrected chi connectivity index (χ4v) is 3.87. The number of nitrogens with one attached hydrogen (secondary N) is 1. The van der Waals surface area contributed by atoms with Gasteiger partial charge in [-0.05, 0) is 48.4 Å². The van der Waals surface area contributed by atoms with Crippen LogP contribution < -0.4 is 10.1 Å². The number of hydrogen-bond donors (Lipinski definition) is 1. The quantitative estimate of drug-likeness (QED) is 0.302. The zero-order valence-electron chi connectivity index (χ0n) is 17.3. The van der Waals surface area contributed by atoms with Crippen LogP contribution in [0.1, 0.15) is 56.7 Å². The van der Waals surface area contributed by atoms with Crippen LogP contribution in [0.15, 0.2) is 47.8 Å². The van der Waals surface area contributed by atoms with Crippen LogP contribution in [-0.2, 0) is 6.42 Å². The van der Waals surface area contributed by atoms with Gasteiger partial charge in [-0.25, -0.2) is 13.8 Å². The molecule has 160 valence electrons. The van der Waals surface area contributed by atoms with Crippen molar-refractivity contribution in [2.75, 3.05) is 11.9 Å². The third kappa shape index (κ3) is 7.10. The Kier molecular flexibility index (Phi) is 8.63. The number of rotatable bonds is 12. The predicted octanol–water partition coefficient (Wildman–Crippen LogP) is 7.50. The Hall–Kier alpha value is -2.47. The third-order valence-corrected chi connectivity index (χ3v) is 5.60. The van der Waals surface area contributed by atoms with E-state index in [2.05, 4.69) is 17.2 Å². The van der Waals surface area contributed by atoms with E-state index in [4.69, 9.17) is 4.74 Å². The summed E-state index contributed by atoms with van der Waals surface area (Å²) in [5, 5.41) is 5.95. The summed E-state index contributed by atoms with van der Waals surface area (Å²) in [6, 6.07) is 11.8. The minimum absolute atomic E-state index is 0.459. The standard InChI is InChI=1S/C24H28F2N2OS/c1-2-3-4-5-6-7-14-29-21-11-9-19(10-12-21)27-24-28-20(17-30-24)15-18-8-13-22(25)23(26)16-18/h8-13,16-17H,2-7,14-15H2,1H3,(H,27,28). The molecule has 3 nitrogen and oxygen atoms in total. The molecule has 0 aliphatic carbocycles. The molecule has 0 fully saturated rings. The molecule has 0 spiro atoms. The van der Waals surface area contributed by atoms with Crippen molar-refractivity contribution in [1.82, 2.24) is 4.98 Å². The van der Waals surface area contributed by atoms with Crippen molar-refractivity contribution < 1.29 is 13.5 Å². The SMILES string of the molecule is CCCCCCCCOc1ccc(Nc2nc(Cc3ccc(F)c(F)c3)cs2)cc1. The number of anilines is 2. The van der Waals surface area contributed by atoms with Crippen molar-refractivity contribution in [1.29, 1.82) is 0 Å². The normalized spacial score (nSPS) is 10.9. The molecule has 0 saturated heterocycles. The highest BCUT2D eigenvalue weighted by Gasteiger charge is 2.07. The summed E-state index contributed by atoms with van der Waals surface area (Å²) in [5.41, 5.74) is 2.43. The molecule has 0 atom stereocenters. The van der Waals surface area contributed by atoms with E-state index in [0.717, 1.165) is 41.4 Å². The maximum absolute atomic E-state index is 13.4. The molecule has 1 N–H and O–H groups in total. The molecule has 0 amide bonds. The van der Waals surface area contributed by atoms with Crippen molar-refractivity contribution in [3.05, 3.63) is 70.7 Å². The number of ether oxygens (including phenoxy) is 1. The van der Waals surface area contributed by atoms with Gasteiger partial charge in [-0.2, -0.15) is 0 Å². The van der Waals surface area contributed by atoms with Gasteiger partial charge in [0.25, 0.3) is 0 Å². The molecule has 0 saturated carbocycles. The van der Waals surface area contributed by atoms with Crippen LogP contribution in [0.25, 0.3) is 0 Å². The number of aromatic nitrogens is 1. The lowest BCUT2D eigenvalue weighted by molar-refractivity contribution is 0.304. The summed E-state index contributed by atoms with van der Waals surface area (Å²) in [6.45, 7) is 2.98. The van der Waals surface area contributed by atoms with Gasteiger partial charge in [0.1, 0.15) is 5.75 Å². The van der Waals surface area contributed by atoms with Crippen molar-refractivity contribution in [3.8, 4) is 5.75 Å². The van der Waals surface area contributed by atoms with Crippen LogP contribution in [0.2, 0.25) is 0 Å². The summed E-state index contributed by atoms with van der Waals surface area (Å²) in [4.78, 5) is 4.53. The minimum atomic E-state index is -0.834. The summed E-state index contributed by atoms with van der Waals surface area (Å²) < 4.78 is 32.2. The van der Waals surface area contributed by atoms with Crippen molar-refractivity contribution in [3.63, 3.8) is 0 Å². The molecule has 1 heterocycles. The number of unbranched alkanes of at least 4 members (excludes halogenated alkanes) is 5. The largest absolute Gasteiger partial charge is 0.494 e. The molecule has 2 aromatic carbocycles. The number of nitrogens with zero attached hydrogens (tertiary/aromatic N) is 1. The molecular weight excluding hydrogens is 402 g/mol. The molecule has 0 aliphatic rings. The highest BCUT2D eigenvalue weighted by Crippen LogP contribution is 2.24. The molecule has 0 radical (unpaired) electrons. The van der Waals surface area contributed by atoms with E-state index in [1.807, 2.05) is 29.6 Å². The monoisotopic (exact) mass is 430 g/mol. The Bertz CT molecular complexity index is 912. The maximum atomic E-state index is 13.4. The van der Waals surface area contributed by atoms with Crippen LogP contribution >= 0.6 is 11.3 Å². The second kappa shape index (κ2) is 11.6. The topological polar surface area (TPSA) is 34.1 Å². The maximum Gasteiger partial charge on any atom is 0.187 e. The molecule has 6 heteroatoms. The predicted molar refractivity (Wildman–Crippen MR) is 120 cm³/mol. The molecule has 30 heavy (non-hydrogen) atoms. The summed E-state index contributed by atoms with van der Waals surface area (Å²) in [7, 11) is 0. The fourth-order valence-electron chi connectivity index (χ4n) is 3.13. The lowest BCUT2D eigenvalue weighted by atomic mass is 10.1. The van der Waals surface area contributed by atoms with E-state index >= 15 is 0 Å². The van der Waals surface area contributed by atoms with Crippen LogP contribution in [0, 0.1) is 11.6 Å². The van der Waals surface area contributed by atoms with Crippen LogP contribution in [0.3, 0.4) is 0 Å². The number of thiazole rings is 1. The molecule has 0 bridgehead atoms. The lowest BCUT2D eigenvalue weighted by Gasteiger charge is -2.08. The minimum Gasteiger partial charge on any atom is -0.494 e. The van der Waals surface area contributed by atoms with E-state index in [-0.39, 0.29) is 0 Å². The van der Waals surface area contributed by atoms with Gasteiger partial charge in [-0.3, -0.25) is 0 Å². The molecule has 3 aromatic rings. The van der Waals surface area contributed by atoms with E-state index in [0.29, 0.717) is 12.0 Å². The molecule has 0 aliphatic heterocycles. The van der Waals surface area contributed by atoms with Gasteiger partial charge in [0.15, 0.2) is 16.8 Å².